The van der Waals surface area contributed by atoms with Crippen molar-refractivity contribution in [1.82, 2.24) is 10.6 Å². The van der Waals surface area contributed by atoms with Crippen molar-refractivity contribution in [2.45, 2.75) is 12.8 Å². The number of hydrogen-bond donors (Lipinski definition) is 3. The predicted octanol–water partition coefficient (Wildman–Crippen LogP) is 0.174. The molecule has 0 unspecified atom stereocenters. The monoisotopic (exact) mass is 172 g/mol. The largest absolute Gasteiger partial charge is 0.481 e. The zero-order valence-corrected chi connectivity index (χ0v) is 7.55. The fourth-order valence-electron chi connectivity index (χ4n) is 0.796. The molecule has 0 heterocycles. The summed E-state index contributed by atoms with van der Waals surface area (Å²) in [7, 11) is 3.64. The summed E-state index contributed by atoms with van der Waals surface area (Å²) in [4.78, 5) is 10.2. The third kappa shape index (κ3) is 5.73. The molecule has 0 aliphatic rings. The minimum absolute atomic E-state index is 0.177. The van der Waals surface area contributed by atoms with Crippen molar-refractivity contribution < 1.29 is 9.90 Å². The van der Waals surface area contributed by atoms with Gasteiger partial charge in [-0.05, 0) is 13.5 Å². The number of nitrogens with one attached hydrogen (secondary N) is 2. The van der Waals surface area contributed by atoms with Crippen LogP contribution in [-0.4, -0.2) is 31.7 Å². The summed E-state index contributed by atoms with van der Waals surface area (Å²) >= 11 is 0. The molecule has 12 heavy (non-hydrogen) atoms. The third-order valence-electron chi connectivity index (χ3n) is 1.48. The van der Waals surface area contributed by atoms with E-state index in [1.807, 2.05) is 13.1 Å². The number of rotatable bonds is 6. The minimum atomic E-state index is -0.763. The van der Waals surface area contributed by atoms with Crippen LogP contribution in [0.5, 0.6) is 0 Å². The molecule has 0 aromatic heterocycles. The number of likely N-dealkylation sites (N-methyl/N-ethyl adjacent to an activating group) is 1. The zero-order valence-electron chi connectivity index (χ0n) is 7.55. The van der Waals surface area contributed by atoms with Gasteiger partial charge < -0.3 is 15.7 Å². The maximum atomic E-state index is 10.2. The summed E-state index contributed by atoms with van der Waals surface area (Å²) in [6.45, 7) is 0.760. The summed E-state index contributed by atoms with van der Waals surface area (Å²) in [5, 5.41) is 14.3. The van der Waals surface area contributed by atoms with Crippen LogP contribution in [0.25, 0.3) is 0 Å². The molecule has 0 saturated heterocycles. The Bertz CT molecular complexity index is 166. The molecule has 0 saturated carbocycles. The van der Waals surface area contributed by atoms with Crippen molar-refractivity contribution in [2.24, 2.45) is 0 Å². The highest BCUT2D eigenvalue weighted by Crippen LogP contribution is 1.99. The number of allylic oxidation sites excluding steroid dienone is 1. The van der Waals surface area contributed by atoms with E-state index < -0.39 is 5.97 Å². The molecule has 4 heteroatoms. The van der Waals surface area contributed by atoms with Gasteiger partial charge in [0.2, 0.25) is 0 Å². The molecule has 0 rings (SSSR count). The lowest BCUT2D eigenvalue weighted by atomic mass is 10.2. The highest BCUT2D eigenvalue weighted by Gasteiger charge is 1.98. The van der Waals surface area contributed by atoms with Crippen molar-refractivity contribution in [2.75, 3.05) is 20.6 Å². The molecule has 0 atom stereocenters. The highest BCUT2D eigenvalue weighted by molar-refractivity contribution is 5.66. The Kier molecular flexibility index (Phi) is 6.09. The van der Waals surface area contributed by atoms with E-state index in [-0.39, 0.29) is 6.42 Å². The Morgan fingerprint density at radius 2 is 2.08 bits per heavy atom. The van der Waals surface area contributed by atoms with E-state index in [0.29, 0.717) is 6.42 Å². The lowest BCUT2D eigenvalue weighted by Crippen LogP contribution is -2.12. The summed E-state index contributed by atoms with van der Waals surface area (Å²) in [5.41, 5.74) is 0.965. The zero-order chi connectivity index (χ0) is 9.40. The first-order valence-corrected chi connectivity index (χ1v) is 3.94. The minimum Gasteiger partial charge on any atom is -0.481 e. The van der Waals surface area contributed by atoms with Crippen molar-refractivity contribution in [3.05, 3.63) is 11.8 Å². The number of hydrogen-bond acceptors (Lipinski definition) is 3. The van der Waals surface area contributed by atoms with Crippen molar-refractivity contribution >= 4 is 5.97 Å². The predicted molar refractivity (Wildman–Crippen MR) is 47.9 cm³/mol. The van der Waals surface area contributed by atoms with Gasteiger partial charge in [-0.1, -0.05) is 6.08 Å². The van der Waals surface area contributed by atoms with Crippen LogP contribution in [0.15, 0.2) is 11.8 Å². The third-order valence-corrected chi connectivity index (χ3v) is 1.48. The fourth-order valence-corrected chi connectivity index (χ4v) is 0.796. The lowest BCUT2D eigenvalue weighted by Gasteiger charge is -2.04. The molecule has 4 nitrogen and oxygen atoms in total. The number of aliphatic carboxylic acids is 1. The molecule has 0 fully saturated rings. The average Bonchev–Trinajstić information content (AvgIpc) is 2.05. The van der Waals surface area contributed by atoms with Gasteiger partial charge in [0.05, 0.1) is 6.42 Å². The van der Waals surface area contributed by atoms with E-state index in [1.165, 1.54) is 0 Å². The van der Waals surface area contributed by atoms with Gasteiger partial charge in [0, 0.05) is 19.3 Å². The summed E-state index contributed by atoms with van der Waals surface area (Å²) in [6, 6.07) is 0. The fraction of sp³-hybridized carbons (Fsp3) is 0.625. The van der Waals surface area contributed by atoms with Gasteiger partial charge >= 0.3 is 5.97 Å². The van der Waals surface area contributed by atoms with Gasteiger partial charge in [-0.25, -0.2) is 0 Å². The molecule has 0 amide bonds. The Hall–Kier alpha value is -1.03. The first-order chi connectivity index (χ1) is 5.70. The molecular weight excluding hydrogens is 156 g/mol. The Balaban J connectivity index is 3.74. The second-order valence-electron chi connectivity index (χ2n) is 2.43. The van der Waals surface area contributed by atoms with Crippen molar-refractivity contribution in [3.63, 3.8) is 0 Å². The van der Waals surface area contributed by atoms with Crippen LogP contribution < -0.4 is 10.6 Å². The molecule has 3 N–H and O–H groups in total. The van der Waals surface area contributed by atoms with E-state index in [9.17, 15) is 4.79 Å². The maximum absolute atomic E-state index is 10.2. The topological polar surface area (TPSA) is 61.4 Å². The van der Waals surface area contributed by atoms with Crippen LogP contribution in [0.2, 0.25) is 0 Å². The van der Waals surface area contributed by atoms with Crippen LogP contribution in [0.1, 0.15) is 12.8 Å². The normalized spacial score (nSPS) is 11.3. The highest BCUT2D eigenvalue weighted by atomic mass is 16.4. The standard InChI is InChI=1S/C8H16N2O2/c1-9-6-5-7(10-2)3-4-8(11)12/h5,9-10H,3-4,6H2,1-2H3,(H,11,12)/b7-5-. The summed E-state index contributed by atoms with van der Waals surface area (Å²) in [5.74, 6) is -0.763. The van der Waals surface area contributed by atoms with Crippen LogP contribution in [0.3, 0.4) is 0 Å². The van der Waals surface area contributed by atoms with Gasteiger partial charge in [0.25, 0.3) is 0 Å². The summed E-state index contributed by atoms with van der Waals surface area (Å²) in [6.07, 6.45) is 2.69. The van der Waals surface area contributed by atoms with E-state index in [1.54, 1.807) is 7.05 Å². The van der Waals surface area contributed by atoms with Gasteiger partial charge in [-0.15, -0.1) is 0 Å². The first-order valence-electron chi connectivity index (χ1n) is 3.94. The van der Waals surface area contributed by atoms with Crippen LogP contribution in [0.4, 0.5) is 0 Å². The molecule has 0 aliphatic heterocycles. The van der Waals surface area contributed by atoms with E-state index in [4.69, 9.17) is 5.11 Å². The Morgan fingerprint density at radius 1 is 1.42 bits per heavy atom. The van der Waals surface area contributed by atoms with Crippen LogP contribution >= 0.6 is 0 Å². The average molecular weight is 172 g/mol. The van der Waals surface area contributed by atoms with Crippen LogP contribution in [0, 0.1) is 0 Å². The quantitative estimate of drug-likeness (QED) is 0.534. The molecule has 0 aromatic carbocycles. The molecular formula is C8H16N2O2. The van der Waals surface area contributed by atoms with Crippen LogP contribution in [-0.2, 0) is 4.79 Å². The number of carboxylic acid groups (broad SMARTS) is 1. The van der Waals surface area contributed by atoms with Gasteiger partial charge in [-0.3, -0.25) is 4.79 Å². The Morgan fingerprint density at radius 3 is 2.50 bits per heavy atom. The second kappa shape index (κ2) is 6.67. The maximum Gasteiger partial charge on any atom is 0.303 e. The smallest absolute Gasteiger partial charge is 0.303 e. The van der Waals surface area contributed by atoms with E-state index >= 15 is 0 Å². The van der Waals surface area contributed by atoms with Gasteiger partial charge in [-0.2, -0.15) is 0 Å². The summed E-state index contributed by atoms with van der Waals surface area (Å²) < 4.78 is 0. The lowest BCUT2D eigenvalue weighted by molar-refractivity contribution is -0.136. The molecule has 0 spiro atoms. The van der Waals surface area contributed by atoms with Gasteiger partial charge in [0.1, 0.15) is 0 Å². The van der Waals surface area contributed by atoms with Gasteiger partial charge in [0.15, 0.2) is 0 Å². The molecule has 0 aliphatic carbocycles. The van der Waals surface area contributed by atoms with Crippen molar-refractivity contribution in [3.8, 4) is 0 Å². The second-order valence-corrected chi connectivity index (χ2v) is 2.43. The first kappa shape index (κ1) is 11.0. The van der Waals surface area contributed by atoms with Crippen molar-refractivity contribution in [1.29, 1.82) is 0 Å². The Labute approximate surface area is 72.7 Å². The molecule has 70 valence electrons. The molecule has 0 radical (unpaired) electrons. The van der Waals surface area contributed by atoms with E-state index in [2.05, 4.69) is 10.6 Å². The number of carbonyl (C=O) groups is 1. The molecule has 0 bridgehead atoms. The molecule has 0 aromatic rings. The number of carboxylic acids is 1. The van der Waals surface area contributed by atoms with E-state index in [0.717, 1.165) is 12.2 Å². The SMILES string of the molecule is CNC/C=C(/CCC(=O)O)NC.